The molecule has 2 fully saturated rings. The largest absolute Gasteiger partial charge is 0.507 e. The molecule has 0 bridgehead atoms. The molecule has 2 aliphatic heterocycles. The number of aryl methyl sites for hydroxylation is 1. The predicted octanol–water partition coefficient (Wildman–Crippen LogP) is 1.58. The Morgan fingerprint density at radius 1 is 0.923 bits per heavy atom. The number of carbonyl (C=O) groups excluding carboxylic acids is 1. The number of nitrogens with zero attached hydrogens (tertiary/aromatic N) is 3. The quantitative estimate of drug-likeness (QED) is 0.862. The monoisotopic (exact) mass is 381 g/mol. The molecule has 3 rings (SSSR count). The van der Waals surface area contributed by atoms with Crippen LogP contribution in [-0.2, 0) is 10.2 Å². The highest BCUT2D eigenvalue weighted by Crippen LogP contribution is 2.22. The number of hydrogen-bond acceptors (Lipinski definition) is 4. The van der Waals surface area contributed by atoms with E-state index in [-0.39, 0.29) is 30.3 Å². The van der Waals surface area contributed by atoms with Crippen molar-refractivity contribution in [3.05, 3.63) is 29.3 Å². The van der Waals surface area contributed by atoms with Crippen LogP contribution < -0.4 is 0 Å². The average molecular weight is 381 g/mol. The number of piperazine rings is 1. The molecule has 2 saturated heterocycles. The molecule has 0 aromatic heterocycles. The SMILES string of the molecule is Cc1ccc(O)c(C(=O)N2CCN(S(=O)(=O)N3CCCCCC3)CC2)c1. The molecule has 0 aliphatic carbocycles. The van der Waals surface area contributed by atoms with Gasteiger partial charge in [-0.15, -0.1) is 0 Å². The molecule has 26 heavy (non-hydrogen) atoms. The summed E-state index contributed by atoms with van der Waals surface area (Å²) in [7, 11) is -3.46. The van der Waals surface area contributed by atoms with Crippen LogP contribution in [0.1, 0.15) is 41.6 Å². The summed E-state index contributed by atoms with van der Waals surface area (Å²) in [6.07, 6.45) is 3.97. The van der Waals surface area contributed by atoms with Crippen molar-refractivity contribution in [2.75, 3.05) is 39.3 Å². The Kier molecular flexibility index (Phi) is 5.84. The predicted molar refractivity (Wildman–Crippen MR) is 99.3 cm³/mol. The van der Waals surface area contributed by atoms with Crippen LogP contribution in [0.15, 0.2) is 18.2 Å². The molecule has 7 nitrogen and oxygen atoms in total. The Bertz CT molecular complexity index is 750. The maximum Gasteiger partial charge on any atom is 0.282 e. The van der Waals surface area contributed by atoms with Gasteiger partial charge in [0.15, 0.2) is 0 Å². The Hall–Kier alpha value is -1.64. The summed E-state index contributed by atoms with van der Waals surface area (Å²) < 4.78 is 28.8. The van der Waals surface area contributed by atoms with Gasteiger partial charge in [-0.3, -0.25) is 4.79 Å². The van der Waals surface area contributed by atoms with Gasteiger partial charge in [0.25, 0.3) is 16.1 Å². The number of aromatic hydroxyl groups is 1. The maximum atomic E-state index is 12.8. The third-order valence-electron chi connectivity index (χ3n) is 5.13. The molecule has 0 atom stereocenters. The number of amides is 1. The summed E-state index contributed by atoms with van der Waals surface area (Å²) in [5.74, 6) is -0.293. The lowest BCUT2D eigenvalue weighted by Gasteiger charge is -2.36. The van der Waals surface area contributed by atoms with E-state index in [0.29, 0.717) is 26.2 Å². The van der Waals surface area contributed by atoms with Gasteiger partial charge in [0.05, 0.1) is 5.56 Å². The van der Waals surface area contributed by atoms with E-state index >= 15 is 0 Å². The molecular weight excluding hydrogens is 354 g/mol. The van der Waals surface area contributed by atoms with Crippen LogP contribution in [-0.4, -0.2) is 72.2 Å². The van der Waals surface area contributed by atoms with Crippen LogP contribution >= 0.6 is 0 Å². The Labute approximate surface area is 155 Å². The van der Waals surface area contributed by atoms with Gasteiger partial charge in [0.1, 0.15) is 5.75 Å². The zero-order chi connectivity index (χ0) is 18.7. The van der Waals surface area contributed by atoms with E-state index in [4.69, 9.17) is 0 Å². The van der Waals surface area contributed by atoms with Crippen molar-refractivity contribution < 1.29 is 18.3 Å². The van der Waals surface area contributed by atoms with Crippen molar-refractivity contribution in [2.45, 2.75) is 32.6 Å². The first-order valence-corrected chi connectivity index (χ1v) is 10.6. The lowest BCUT2D eigenvalue weighted by molar-refractivity contribution is 0.0691. The standard InChI is InChI=1S/C18H27N3O4S/c1-15-6-7-17(22)16(14-15)18(23)19-10-12-21(13-11-19)26(24,25)20-8-4-2-3-5-9-20/h6-7,14,22H,2-5,8-13H2,1H3. The lowest BCUT2D eigenvalue weighted by Crippen LogP contribution is -2.54. The Balaban J connectivity index is 1.65. The van der Waals surface area contributed by atoms with Gasteiger partial charge < -0.3 is 10.0 Å². The minimum Gasteiger partial charge on any atom is -0.507 e. The zero-order valence-corrected chi connectivity index (χ0v) is 16.0. The molecule has 144 valence electrons. The smallest absolute Gasteiger partial charge is 0.282 e. The van der Waals surface area contributed by atoms with E-state index in [1.807, 2.05) is 6.92 Å². The molecule has 1 N–H and O–H groups in total. The summed E-state index contributed by atoms with van der Waals surface area (Å²) in [6.45, 7) is 4.27. The van der Waals surface area contributed by atoms with Crippen molar-refractivity contribution in [2.24, 2.45) is 0 Å². The van der Waals surface area contributed by atoms with Crippen LogP contribution in [0.5, 0.6) is 5.75 Å². The van der Waals surface area contributed by atoms with E-state index in [9.17, 15) is 18.3 Å². The third-order valence-corrected chi connectivity index (χ3v) is 7.16. The minimum atomic E-state index is -3.46. The van der Waals surface area contributed by atoms with E-state index in [2.05, 4.69) is 0 Å². The lowest BCUT2D eigenvalue weighted by atomic mass is 10.1. The summed E-state index contributed by atoms with van der Waals surface area (Å²) in [5, 5.41) is 9.95. The van der Waals surface area contributed by atoms with Gasteiger partial charge in [0.2, 0.25) is 0 Å². The highest BCUT2D eigenvalue weighted by molar-refractivity contribution is 7.86. The number of hydrogen-bond donors (Lipinski definition) is 1. The van der Waals surface area contributed by atoms with Crippen molar-refractivity contribution in [3.8, 4) is 5.75 Å². The molecule has 8 heteroatoms. The Morgan fingerprint density at radius 3 is 2.12 bits per heavy atom. The minimum absolute atomic E-state index is 0.0415. The topological polar surface area (TPSA) is 81.2 Å². The van der Waals surface area contributed by atoms with E-state index in [1.54, 1.807) is 21.3 Å². The highest BCUT2D eigenvalue weighted by atomic mass is 32.2. The Morgan fingerprint density at radius 2 is 1.50 bits per heavy atom. The van der Waals surface area contributed by atoms with Gasteiger partial charge in [-0.2, -0.15) is 17.0 Å². The average Bonchev–Trinajstić information content (AvgIpc) is 2.93. The van der Waals surface area contributed by atoms with Gasteiger partial charge in [-0.05, 0) is 31.9 Å². The first-order valence-electron chi connectivity index (χ1n) is 9.24. The molecule has 0 spiro atoms. The second-order valence-corrected chi connectivity index (χ2v) is 8.96. The second kappa shape index (κ2) is 7.94. The summed E-state index contributed by atoms with van der Waals surface area (Å²) in [4.78, 5) is 14.3. The van der Waals surface area contributed by atoms with Crippen LogP contribution in [0, 0.1) is 6.92 Å². The van der Waals surface area contributed by atoms with Crippen LogP contribution in [0.3, 0.4) is 0 Å². The first-order chi connectivity index (χ1) is 12.4. The molecule has 0 saturated carbocycles. The van der Waals surface area contributed by atoms with Gasteiger partial charge in [-0.25, -0.2) is 0 Å². The van der Waals surface area contributed by atoms with E-state index in [1.165, 1.54) is 10.4 Å². The number of benzene rings is 1. The van der Waals surface area contributed by atoms with E-state index < -0.39 is 10.2 Å². The van der Waals surface area contributed by atoms with Crippen LogP contribution in [0.4, 0.5) is 0 Å². The molecule has 1 amide bonds. The number of carbonyl (C=O) groups is 1. The number of phenols is 1. The normalized spacial score (nSPS) is 20.7. The molecule has 0 radical (unpaired) electrons. The van der Waals surface area contributed by atoms with Gasteiger partial charge in [0, 0.05) is 39.3 Å². The number of rotatable bonds is 3. The fraction of sp³-hybridized carbons (Fsp3) is 0.611. The van der Waals surface area contributed by atoms with Crippen LogP contribution in [0.25, 0.3) is 0 Å². The zero-order valence-electron chi connectivity index (χ0n) is 15.2. The van der Waals surface area contributed by atoms with Gasteiger partial charge >= 0.3 is 0 Å². The van der Waals surface area contributed by atoms with Crippen molar-refractivity contribution in [1.29, 1.82) is 0 Å². The summed E-state index contributed by atoms with van der Waals surface area (Å²) in [5.41, 5.74) is 1.17. The molecule has 1 aromatic rings. The number of phenolic OH excluding ortho intramolecular Hbond substituents is 1. The molecular formula is C18H27N3O4S. The summed E-state index contributed by atoms with van der Waals surface area (Å²) >= 11 is 0. The maximum absolute atomic E-state index is 12.8. The second-order valence-electron chi connectivity index (χ2n) is 7.03. The van der Waals surface area contributed by atoms with Crippen molar-refractivity contribution in [3.63, 3.8) is 0 Å². The highest BCUT2D eigenvalue weighted by Gasteiger charge is 2.34. The van der Waals surface area contributed by atoms with Crippen LogP contribution in [0.2, 0.25) is 0 Å². The van der Waals surface area contributed by atoms with E-state index in [0.717, 1.165) is 31.2 Å². The molecule has 1 aromatic carbocycles. The van der Waals surface area contributed by atoms with Crippen molar-refractivity contribution >= 4 is 16.1 Å². The molecule has 2 aliphatic rings. The van der Waals surface area contributed by atoms with Gasteiger partial charge in [-0.1, -0.05) is 24.5 Å². The third kappa shape index (κ3) is 4.02. The summed E-state index contributed by atoms with van der Waals surface area (Å²) in [6, 6.07) is 4.93. The molecule has 0 unspecified atom stereocenters. The molecule has 2 heterocycles. The first kappa shape index (κ1) is 19.1. The van der Waals surface area contributed by atoms with Crippen molar-refractivity contribution in [1.82, 2.24) is 13.5 Å². The fourth-order valence-corrected chi connectivity index (χ4v) is 5.22. The fourth-order valence-electron chi connectivity index (χ4n) is 3.55.